The van der Waals surface area contributed by atoms with Gasteiger partial charge in [0.25, 0.3) is 0 Å². The molecule has 0 aromatic rings. The Hall–Kier alpha value is -0.163. The van der Waals surface area contributed by atoms with Crippen LogP contribution in [0, 0.1) is 0 Å². The number of rotatable bonds is 13. The van der Waals surface area contributed by atoms with Crippen molar-refractivity contribution in [3.8, 4) is 0 Å². The summed E-state index contributed by atoms with van der Waals surface area (Å²) in [5.74, 6) is 0. The molecule has 0 radical (unpaired) electrons. The van der Waals surface area contributed by atoms with Gasteiger partial charge in [-0.3, -0.25) is 0 Å². The van der Waals surface area contributed by atoms with Gasteiger partial charge in [0.15, 0.2) is 0 Å². The molecule has 0 aromatic carbocycles. The molecule has 0 saturated heterocycles. The second-order valence-electron chi connectivity index (χ2n) is 4.51. The number of allylic oxidation sites excluding steroid dienone is 1. The summed E-state index contributed by atoms with van der Waals surface area (Å²) in [7, 11) is -2.55. The fourth-order valence-corrected chi connectivity index (χ4v) is 4.17. The lowest BCUT2D eigenvalue weighted by Gasteiger charge is -2.25. The lowest BCUT2D eigenvalue weighted by molar-refractivity contribution is 0.0842. The van der Waals surface area contributed by atoms with Crippen LogP contribution in [0.25, 0.3) is 0 Å². The summed E-state index contributed by atoms with van der Waals surface area (Å²) in [4.78, 5) is 0. The Bertz CT molecular complexity index is 202. The first-order valence-electron chi connectivity index (χ1n) is 7.84. The molecule has 0 saturated carbocycles. The van der Waals surface area contributed by atoms with Crippen molar-refractivity contribution in [3.05, 3.63) is 11.8 Å². The van der Waals surface area contributed by atoms with Crippen molar-refractivity contribution in [3.63, 3.8) is 0 Å². The molecule has 0 spiro atoms. The standard InChI is InChI=1S/C15H32O3Si/c1-5-9-10-11-12-13-14-15-19(16-6-2,17-7-3)18-8-4/h14-15H,5-13H2,1-4H3. The number of hydrogen-bond acceptors (Lipinski definition) is 3. The van der Waals surface area contributed by atoms with Gasteiger partial charge in [-0.1, -0.05) is 38.7 Å². The fraction of sp³-hybridized carbons (Fsp3) is 0.867. The second-order valence-corrected chi connectivity index (χ2v) is 6.91. The summed E-state index contributed by atoms with van der Waals surface area (Å²) in [5.41, 5.74) is 2.06. The Morgan fingerprint density at radius 1 is 0.737 bits per heavy atom. The summed E-state index contributed by atoms with van der Waals surface area (Å²) in [6.45, 7) is 10.1. The van der Waals surface area contributed by atoms with E-state index < -0.39 is 8.80 Å². The Morgan fingerprint density at radius 2 is 1.26 bits per heavy atom. The molecule has 0 aliphatic carbocycles. The topological polar surface area (TPSA) is 27.7 Å². The van der Waals surface area contributed by atoms with Gasteiger partial charge in [0, 0.05) is 19.8 Å². The first-order chi connectivity index (χ1) is 9.24. The van der Waals surface area contributed by atoms with Crippen LogP contribution in [0.2, 0.25) is 0 Å². The Morgan fingerprint density at radius 3 is 1.74 bits per heavy atom. The van der Waals surface area contributed by atoms with Gasteiger partial charge in [-0.05, 0) is 39.3 Å². The predicted molar refractivity (Wildman–Crippen MR) is 83.1 cm³/mol. The lowest BCUT2D eigenvalue weighted by atomic mass is 10.1. The first-order valence-corrected chi connectivity index (χ1v) is 9.64. The van der Waals surface area contributed by atoms with E-state index in [1.54, 1.807) is 0 Å². The Balaban J connectivity index is 4.13. The van der Waals surface area contributed by atoms with Crippen LogP contribution in [-0.4, -0.2) is 28.6 Å². The van der Waals surface area contributed by atoms with E-state index in [1.165, 1.54) is 32.1 Å². The molecule has 0 amide bonds. The Kier molecular flexibility index (Phi) is 12.7. The SMILES string of the molecule is CCCCCCCC=C[Si](OCC)(OCC)OCC. The van der Waals surface area contributed by atoms with E-state index in [4.69, 9.17) is 13.3 Å². The monoisotopic (exact) mass is 288 g/mol. The maximum atomic E-state index is 5.76. The summed E-state index contributed by atoms with van der Waals surface area (Å²) in [6, 6.07) is 0. The average Bonchev–Trinajstić information content (AvgIpc) is 2.39. The molecule has 0 aliphatic rings. The molecule has 0 fully saturated rings. The van der Waals surface area contributed by atoms with Crippen LogP contribution in [-0.2, 0) is 13.3 Å². The van der Waals surface area contributed by atoms with Crippen molar-refractivity contribution in [2.75, 3.05) is 19.8 Å². The third-order valence-electron chi connectivity index (χ3n) is 2.83. The van der Waals surface area contributed by atoms with E-state index in [9.17, 15) is 0 Å². The van der Waals surface area contributed by atoms with Crippen LogP contribution in [0.4, 0.5) is 0 Å². The zero-order chi connectivity index (χ0) is 14.4. The van der Waals surface area contributed by atoms with E-state index in [1.807, 2.05) is 20.8 Å². The molecule has 4 heteroatoms. The minimum Gasteiger partial charge on any atom is -0.371 e. The highest BCUT2D eigenvalue weighted by Crippen LogP contribution is 2.13. The largest absolute Gasteiger partial charge is 0.529 e. The number of unbranched alkanes of at least 4 members (excludes halogenated alkanes) is 5. The molecule has 0 bridgehead atoms. The van der Waals surface area contributed by atoms with E-state index in [2.05, 4.69) is 18.7 Å². The molecule has 3 nitrogen and oxygen atoms in total. The molecule has 0 N–H and O–H groups in total. The van der Waals surface area contributed by atoms with Gasteiger partial charge in [0.05, 0.1) is 0 Å². The quantitative estimate of drug-likeness (QED) is 0.369. The van der Waals surface area contributed by atoms with Gasteiger partial charge in [0.2, 0.25) is 0 Å². The maximum Gasteiger partial charge on any atom is 0.529 e. The molecule has 0 rings (SSSR count). The molecule has 0 unspecified atom stereocenters. The predicted octanol–water partition coefficient (Wildman–Crippen LogP) is 4.49. The van der Waals surface area contributed by atoms with Crippen LogP contribution in [0.5, 0.6) is 0 Å². The van der Waals surface area contributed by atoms with Gasteiger partial charge in [0.1, 0.15) is 0 Å². The van der Waals surface area contributed by atoms with Gasteiger partial charge in [-0.25, -0.2) is 0 Å². The van der Waals surface area contributed by atoms with Crippen LogP contribution in [0.15, 0.2) is 11.8 Å². The molecule has 0 aliphatic heterocycles. The van der Waals surface area contributed by atoms with Crippen LogP contribution >= 0.6 is 0 Å². The smallest absolute Gasteiger partial charge is 0.371 e. The summed E-state index contributed by atoms with van der Waals surface area (Å²) >= 11 is 0. The molecular weight excluding hydrogens is 256 g/mol. The minimum absolute atomic E-state index is 0.632. The molecule has 19 heavy (non-hydrogen) atoms. The molecule has 114 valence electrons. The van der Waals surface area contributed by atoms with Crippen molar-refractivity contribution in [1.82, 2.24) is 0 Å². The third kappa shape index (κ3) is 9.38. The molecule has 0 heterocycles. The highest BCUT2D eigenvalue weighted by molar-refractivity contribution is 6.66. The number of hydrogen-bond donors (Lipinski definition) is 0. The molecule has 0 aromatic heterocycles. The van der Waals surface area contributed by atoms with Crippen molar-refractivity contribution >= 4 is 8.80 Å². The zero-order valence-electron chi connectivity index (χ0n) is 13.2. The lowest BCUT2D eigenvalue weighted by Crippen LogP contribution is -2.44. The van der Waals surface area contributed by atoms with E-state index in [0.717, 1.165) is 6.42 Å². The summed E-state index contributed by atoms with van der Waals surface area (Å²) in [5, 5.41) is 0. The summed E-state index contributed by atoms with van der Waals surface area (Å²) in [6.07, 6.45) is 9.81. The summed E-state index contributed by atoms with van der Waals surface area (Å²) < 4.78 is 17.3. The second kappa shape index (κ2) is 12.8. The molecular formula is C15H32O3Si. The zero-order valence-corrected chi connectivity index (χ0v) is 14.2. The Labute approximate surface area is 120 Å². The van der Waals surface area contributed by atoms with Gasteiger partial charge in [-0.2, -0.15) is 0 Å². The highest BCUT2D eigenvalue weighted by Gasteiger charge is 2.37. The van der Waals surface area contributed by atoms with Gasteiger partial charge in [-0.15, -0.1) is 0 Å². The van der Waals surface area contributed by atoms with Crippen LogP contribution < -0.4 is 0 Å². The van der Waals surface area contributed by atoms with Crippen LogP contribution in [0.3, 0.4) is 0 Å². The highest BCUT2D eigenvalue weighted by atomic mass is 28.4. The van der Waals surface area contributed by atoms with Gasteiger partial charge < -0.3 is 13.3 Å². The van der Waals surface area contributed by atoms with E-state index in [0.29, 0.717) is 19.8 Å². The maximum absolute atomic E-state index is 5.76. The fourth-order valence-electron chi connectivity index (χ4n) is 1.97. The van der Waals surface area contributed by atoms with Crippen molar-refractivity contribution in [2.45, 2.75) is 66.2 Å². The van der Waals surface area contributed by atoms with Gasteiger partial charge >= 0.3 is 8.80 Å². The third-order valence-corrected chi connectivity index (χ3v) is 5.55. The van der Waals surface area contributed by atoms with Crippen molar-refractivity contribution < 1.29 is 13.3 Å². The van der Waals surface area contributed by atoms with E-state index in [-0.39, 0.29) is 0 Å². The van der Waals surface area contributed by atoms with Crippen molar-refractivity contribution in [2.24, 2.45) is 0 Å². The first kappa shape index (κ1) is 18.8. The normalized spacial score (nSPS) is 12.4. The van der Waals surface area contributed by atoms with Crippen molar-refractivity contribution in [1.29, 1.82) is 0 Å². The molecule has 0 atom stereocenters. The minimum atomic E-state index is -2.55. The van der Waals surface area contributed by atoms with Crippen LogP contribution in [0.1, 0.15) is 66.2 Å². The average molecular weight is 289 g/mol. The van der Waals surface area contributed by atoms with E-state index >= 15 is 0 Å².